The minimum Gasteiger partial charge on any atom is -0.392 e. The van der Waals surface area contributed by atoms with E-state index in [0.29, 0.717) is 24.2 Å². The van der Waals surface area contributed by atoms with Crippen molar-refractivity contribution in [3.63, 3.8) is 0 Å². The average molecular weight is 329 g/mol. The highest BCUT2D eigenvalue weighted by molar-refractivity contribution is 7.89. The monoisotopic (exact) mass is 329 g/mol. The fourth-order valence-corrected chi connectivity index (χ4v) is 3.94. The molecule has 0 aliphatic carbocycles. The topological polar surface area (TPSA) is 94.3 Å². The molecular weight excluding hydrogens is 314 g/mol. The summed E-state index contributed by atoms with van der Waals surface area (Å²) in [4.78, 5) is 4.32. The molecule has 0 spiro atoms. The maximum absolute atomic E-state index is 12.5. The molecule has 0 unspecified atom stereocenters. The first kappa shape index (κ1) is 15.6. The van der Waals surface area contributed by atoms with E-state index in [2.05, 4.69) is 4.98 Å². The van der Waals surface area contributed by atoms with Crippen LogP contribution in [0.15, 0.2) is 47.5 Å². The molecule has 1 saturated heterocycles. The number of rotatable bonds is 3. The van der Waals surface area contributed by atoms with Gasteiger partial charge in [-0.15, -0.1) is 0 Å². The standard InChI is InChI=1S/C16H15N3O3S/c17-9-12-1-3-13(4-2-12)16-6-5-15(10-18-16)23(21,22)19-8-7-14(20)11-19/h1-6,10,14,20H,7-8,11H2/t14-/m0/s1. The zero-order valence-electron chi connectivity index (χ0n) is 12.3. The fraction of sp³-hybridized carbons (Fsp3) is 0.250. The summed E-state index contributed by atoms with van der Waals surface area (Å²) in [6.07, 6.45) is 1.18. The zero-order chi connectivity index (χ0) is 16.4. The summed E-state index contributed by atoms with van der Waals surface area (Å²) in [6, 6.07) is 12.1. The molecule has 6 nitrogen and oxygen atoms in total. The third-order valence-corrected chi connectivity index (χ3v) is 5.66. The number of pyridine rings is 1. The molecule has 0 bridgehead atoms. The van der Waals surface area contributed by atoms with Crippen molar-refractivity contribution in [2.24, 2.45) is 0 Å². The van der Waals surface area contributed by atoms with Crippen LogP contribution in [0.4, 0.5) is 0 Å². The summed E-state index contributed by atoms with van der Waals surface area (Å²) in [5.74, 6) is 0. The smallest absolute Gasteiger partial charge is 0.244 e. The molecule has 3 rings (SSSR count). The zero-order valence-corrected chi connectivity index (χ0v) is 13.1. The van der Waals surface area contributed by atoms with Gasteiger partial charge in [-0.05, 0) is 30.7 Å². The molecular formula is C16H15N3O3S. The van der Waals surface area contributed by atoms with Crippen LogP contribution in [0, 0.1) is 11.3 Å². The summed E-state index contributed by atoms with van der Waals surface area (Å²) in [5.41, 5.74) is 2.00. The van der Waals surface area contributed by atoms with Gasteiger partial charge in [0.1, 0.15) is 4.90 Å². The van der Waals surface area contributed by atoms with E-state index >= 15 is 0 Å². The number of sulfonamides is 1. The van der Waals surface area contributed by atoms with Crippen molar-refractivity contribution in [2.45, 2.75) is 17.4 Å². The van der Waals surface area contributed by atoms with Crippen LogP contribution >= 0.6 is 0 Å². The van der Waals surface area contributed by atoms with Crippen LogP contribution in [0.1, 0.15) is 12.0 Å². The highest BCUT2D eigenvalue weighted by Gasteiger charge is 2.31. The summed E-state index contributed by atoms with van der Waals surface area (Å²) in [5, 5.41) is 18.3. The predicted octanol–water partition coefficient (Wildman–Crippen LogP) is 1.38. The second-order valence-corrected chi connectivity index (χ2v) is 7.31. The summed E-state index contributed by atoms with van der Waals surface area (Å²) >= 11 is 0. The first-order chi connectivity index (χ1) is 11.0. The number of nitriles is 1. The number of aliphatic hydroxyl groups is 1. The van der Waals surface area contributed by atoms with Crippen molar-refractivity contribution >= 4 is 10.0 Å². The van der Waals surface area contributed by atoms with Crippen LogP contribution in [-0.2, 0) is 10.0 Å². The second-order valence-electron chi connectivity index (χ2n) is 5.37. The van der Waals surface area contributed by atoms with Crippen LogP contribution in [-0.4, -0.2) is 42.0 Å². The largest absolute Gasteiger partial charge is 0.392 e. The molecule has 2 heterocycles. The Kier molecular flexibility index (Phi) is 4.13. The Labute approximate surface area is 134 Å². The molecule has 0 amide bonds. The molecule has 1 aliphatic heterocycles. The lowest BCUT2D eigenvalue weighted by Gasteiger charge is -2.15. The van der Waals surface area contributed by atoms with E-state index < -0.39 is 16.1 Å². The molecule has 23 heavy (non-hydrogen) atoms. The molecule has 7 heteroatoms. The van der Waals surface area contributed by atoms with Gasteiger partial charge < -0.3 is 5.11 Å². The SMILES string of the molecule is N#Cc1ccc(-c2ccc(S(=O)(=O)N3CC[C@H](O)C3)cn2)cc1. The van der Waals surface area contributed by atoms with Crippen molar-refractivity contribution < 1.29 is 13.5 Å². The van der Waals surface area contributed by atoms with E-state index in [1.165, 1.54) is 16.6 Å². The summed E-state index contributed by atoms with van der Waals surface area (Å²) in [7, 11) is -3.61. The highest BCUT2D eigenvalue weighted by atomic mass is 32.2. The molecule has 118 valence electrons. The molecule has 0 radical (unpaired) electrons. The number of hydrogen-bond acceptors (Lipinski definition) is 5. The molecule has 1 aromatic carbocycles. The van der Waals surface area contributed by atoms with Crippen LogP contribution < -0.4 is 0 Å². The van der Waals surface area contributed by atoms with E-state index in [0.717, 1.165) is 5.56 Å². The Morgan fingerprint density at radius 3 is 2.48 bits per heavy atom. The maximum Gasteiger partial charge on any atom is 0.244 e. The van der Waals surface area contributed by atoms with E-state index in [1.807, 2.05) is 6.07 Å². The molecule has 0 saturated carbocycles. The van der Waals surface area contributed by atoms with Crippen molar-refractivity contribution in [1.82, 2.24) is 9.29 Å². The lowest BCUT2D eigenvalue weighted by molar-refractivity contribution is 0.189. The first-order valence-corrected chi connectivity index (χ1v) is 8.59. The van der Waals surface area contributed by atoms with Crippen molar-refractivity contribution in [3.05, 3.63) is 48.2 Å². The number of benzene rings is 1. The number of aromatic nitrogens is 1. The Hall–Kier alpha value is -2.27. The van der Waals surface area contributed by atoms with Gasteiger partial charge in [-0.25, -0.2) is 8.42 Å². The molecule has 1 aliphatic rings. The lowest BCUT2D eigenvalue weighted by Crippen LogP contribution is -2.29. The number of nitrogens with zero attached hydrogens (tertiary/aromatic N) is 3. The summed E-state index contributed by atoms with van der Waals surface area (Å²) < 4.78 is 26.2. The Morgan fingerprint density at radius 1 is 1.22 bits per heavy atom. The number of aliphatic hydroxyl groups excluding tert-OH is 1. The van der Waals surface area contributed by atoms with Gasteiger partial charge in [0.15, 0.2) is 0 Å². The van der Waals surface area contributed by atoms with Crippen molar-refractivity contribution in [1.29, 1.82) is 5.26 Å². The summed E-state index contributed by atoms with van der Waals surface area (Å²) in [6.45, 7) is 0.445. The number of β-amino-alcohol motifs (C(OH)–C–C–N with tert-alkyl or cyclic N) is 1. The third kappa shape index (κ3) is 3.10. The predicted molar refractivity (Wildman–Crippen MR) is 83.8 cm³/mol. The second kappa shape index (κ2) is 6.08. The van der Waals surface area contributed by atoms with Gasteiger partial charge in [-0.2, -0.15) is 9.57 Å². The van der Waals surface area contributed by atoms with Gasteiger partial charge in [0.25, 0.3) is 0 Å². The van der Waals surface area contributed by atoms with E-state index in [-0.39, 0.29) is 11.4 Å². The van der Waals surface area contributed by atoms with Gasteiger partial charge in [0.05, 0.1) is 23.4 Å². The van der Waals surface area contributed by atoms with Gasteiger partial charge >= 0.3 is 0 Å². The lowest BCUT2D eigenvalue weighted by atomic mass is 10.1. The van der Waals surface area contributed by atoms with Gasteiger partial charge in [0.2, 0.25) is 10.0 Å². The van der Waals surface area contributed by atoms with Crippen molar-refractivity contribution in [2.75, 3.05) is 13.1 Å². The molecule has 1 N–H and O–H groups in total. The molecule has 1 aromatic heterocycles. The molecule has 1 fully saturated rings. The van der Waals surface area contributed by atoms with Crippen molar-refractivity contribution in [3.8, 4) is 17.3 Å². The first-order valence-electron chi connectivity index (χ1n) is 7.15. The molecule has 1 atom stereocenters. The van der Waals surface area contributed by atoms with E-state index in [4.69, 9.17) is 5.26 Å². The Morgan fingerprint density at radius 2 is 1.96 bits per heavy atom. The van der Waals surface area contributed by atoms with Crippen LogP contribution in [0.2, 0.25) is 0 Å². The third-order valence-electron chi connectivity index (χ3n) is 3.81. The van der Waals surface area contributed by atoms with Gasteiger partial charge in [0, 0.05) is 24.8 Å². The fourth-order valence-electron chi connectivity index (χ4n) is 2.50. The minimum absolute atomic E-state index is 0.115. The van der Waals surface area contributed by atoms with Crippen LogP contribution in [0.5, 0.6) is 0 Å². The quantitative estimate of drug-likeness (QED) is 0.918. The van der Waals surface area contributed by atoms with Gasteiger partial charge in [-0.3, -0.25) is 4.98 Å². The molecule has 2 aromatic rings. The van der Waals surface area contributed by atoms with Gasteiger partial charge in [-0.1, -0.05) is 12.1 Å². The average Bonchev–Trinajstić information content (AvgIpc) is 3.02. The number of hydrogen-bond donors (Lipinski definition) is 1. The van der Waals surface area contributed by atoms with E-state index in [1.54, 1.807) is 30.3 Å². The Bertz CT molecular complexity index is 840. The maximum atomic E-state index is 12.5. The normalized spacial score (nSPS) is 18.7. The minimum atomic E-state index is -3.61. The Balaban J connectivity index is 1.85. The highest BCUT2D eigenvalue weighted by Crippen LogP contribution is 2.23. The van der Waals surface area contributed by atoms with Crippen LogP contribution in [0.25, 0.3) is 11.3 Å². The van der Waals surface area contributed by atoms with E-state index in [9.17, 15) is 13.5 Å². The van der Waals surface area contributed by atoms with Crippen LogP contribution in [0.3, 0.4) is 0 Å².